The minimum absolute atomic E-state index is 0.140. The highest BCUT2D eigenvalue weighted by Crippen LogP contribution is 2.25. The lowest BCUT2D eigenvalue weighted by Gasteiger charge is -2.08. The number of hydrogen-bond donors (Lipinski definition) is 1. The van der Waals surface area contributed by atoms with E-state index in [2.05, 4.69) is 10.4 Å². The summed E-state index contributed by atoms with van der Waals surface area (Å²) in [7, 11) is 1.57. The van der Waals surface area contributed by atoms with Crippen LogP contribution in [0, 0.1) is 15.9 Å². The van der Waals surface area contributed by atoms with E-state index in [0.717, 1.165) is 0 Å². The molecule has 0 bridgehead atoms. The lowest BCUT2D eigenvalue weighted by Crippen LogP contribution is -2.27. The molecule has 0 atom stereocenters. The maximum absolute atomic E-state index is 14.2. The van der Waals surface area contributed by atoms with Crippen LogP contribution >= 0.6 is 0 Å². The number of non-ortho nitro benzene ring substituents is 1. The molecule has 3 rings (SSSR count). The summed E-state index contributed by atoms with van der Waals surface area (Å²) in [5.74, 6) is -0.911. The third-order valence-electron chi connectivity index (χ3n) is 4.19. The molecule has 1 aromatic heterocycles. The Bertz CT molecular complexity index is 1030. The number of aromatic nitrogens is 2. The summed E-state index contributed by atoms with van der Waals surface area (Å²) in [5.41, 5.74) is 0.795. The quantitative estimate of drug-likeness (QED) is 0.356. The molecular formula is C20H19FN4O4. The number of halogens is 1. The number of carbonyl (C=O) groups excluding carboxylic acids is 1. The third-order valence-corrected chi connectivity index (χ3v) is 4.19. The lowest BCUT2D eigenvalue weighted by atomic mass is 10.1. The number of carbonyl (C=O) groups is 1. The van der Waals surface area contributed by atoms with Crippen molar-refractivity contribution >= 4 is 11.6 Å². The second kappa shape index (κ2) is 9.07. The van der Waals surface area contributed by atoms with Gasteiger partial charge in [-0.1, -0.05) is 18.2 Å². The van der Waals surface area contributed by atoms with Crippen LogP contribution in [-0.2, 0) is 4.74 Å². The smallest absolute Gasteiger partial charge is 0.271 e. The van der Waals surface area contributed by atoms with E-state index in [4.69, 9.17) is 4.74 Å². The maximum atomic E-state index is 14.2. The van der Waals surface area contributed by atoms with Crippen molar-refractivity contribution in [1.82, 2.24) is 15.1 Å². The number of nitrogens with zero attached hydrogens (tertiary/aromatic N) is 3. The predicted molar refractivity (Wildman–Crippen MR) is 104 cm³/mol. The van der Waals surface area contributed by atoms with E-state index < -0.39 is 16.6 Å². The summed E-state index contributed by atoms with van der Waals surface area (Å²) < 4.78 is 20.5. The minimum Gasteiger partial charge on any atom is -0.385 e. The Morgan fingerprint density at radius 1 is 1.24 bits per heavy atom. The van der Waals surface area contributed by atoms with Gasteiger partial charge in [0.1, 0.15) is 11.5 Å². The van der Waals surface area contributed by atoms with Gasteiger partial charge in [0.05, 0.1) is 16.3 Å². The molecule has 3 aromatic rings. The van der Waals surface area contributed by atoms with Gasteiger partial charge in [0.15, 0.2) is 0 Å². The average molecular weight is 398 g/mol. The number of nitrogens with one attached hydrogen (secondary N) is 1. The summed E-state index contributed by atoms with van der Waals surface area (Å²) in [4.78, 5) is 23.3. The van der Waals surface area contributed by atoms with Crippen LogP contribution in [-0.4, -0.2) is 40.9 Å². The SMILES string of the molecule is COCCCNC(=O)c1cc(-c2ccccc2F)nn1-c1cccc([N+](=O)[O-])c1. The lowest BCUT2D eigenvalue weighted by molar-refractivity contribution is -0.384. The second-order valence-electron chi connectivity index (χ2n) is 6.19. The van der Waals surface area contributed by atoms with E-state index in [0.29, 0.717) is 25.3 Å². The normalized spacial score (nSPS) is 10.7. The Balaban J connectivity index is 2.03. The van der Waals surface area contributed by atoms with Gasteiger partial charge in [-0.2, -0.15) is 5.10 Å². The number of nitro groups is 1. The van der Waals surface area contributed by atoms with E-state index in [9.17, 15) is 19.3 Å². The van der Waals surface area contributed by atoms with E-state index in [-0.39, 0.29) is 22.6 Å². The van der Waals surface area contributed by atoms with Crippen LogP contribution in [0.25, 0.3) is 16.9 Å². The molecule has 2 aromatic carbocycles. The standard InChI is InChI=1S/C20H19FN4O4/c1-29-11-5-10-22-20(26)19-13-18(16-8-2-3-9-17(16)21)23-24(19)14-6-4-7-15(12-14)25(27)28/h2-4,6-9,12-13H,5,10-11H2,1H3,(H,22,26). The number of methoxy groups -OCH3 is 1. The Morgan fingerprint density at radius 3 is 2.76 bits per heavy atom. The van der Waals surface area contributed by atoms with Crippen molar-refractivity contribution in [2.75, 3.05) is 20.3 Å². The van der Waals surface area contributed by atoms with Gasteiger partial charge in [0, 0.05) is 38.0 Å². The Morgan fingerprint density at radius 2 is 2.03 bits per heavy atom. The summed E-state index contributed by atoms with van der Waals surface area (Å²) >= 11 is 0. The molecule has 9 heteroatoms. The van der Waals surface area contributed by atoms with Crippen molar-refractivity contribution < 1.29 is 18.8 Å². The summed E-state index contributed by atoms with van der Waals surface area (Å²) in [6, 6.07) is 13.3. The summed E-state index contributed by atoms with van der Waals surface area (Å²) in [6.45, 7) is 0.868. The molecule has 1 heterocycles. The topological polar surface area (TPSA) is 99.3 Å². The van der Waals surface area contributed by atoms with Gasteiger partial charge < -0.3 is 10.1 Å². The van der Waals surface area contributed by atoms with E-state index >= 15 is 0 Å². The zero-order valence-electron chi connectivity index (χ0n) is 15.7. The van der Waals surface area contributed by atoms with Gasteiger partial charge in [0.2, 0.25) is 0 Å². The van der Waals surface area contributed by atoms with Crippen molar-refractivity contribution in [3.8, 4) is 16.9 Å². The molecule has 8 nitrogen and oxygen atoms in total. The van der Waals surface area contributed by atoms with E-state index in [1.807, 2.05) is 0 Å². The molecule has 150 valence electrons. The number of benzene rings is 2. The molecule has 0 saturated carbocycles. The van der Waals surface area contributed by atoms with Crippen LogP contribution in [0.4, 0.5) is 10.1 Å². The molecule has 1 N–H and O–H groups in total. The fourth-order valence-electron chi connectivity index (χ4n) is 2.79. The first-order chi connectivity index (χ1) is 14.0. The minimum atomic E-state index is -0.532. The molecule has 0 radical (unpaired) electrons. The molecule has 0 saturated heterocycles. The summed E-state index contributed by atoms with van der Waals surface area (Å²) in [5, 5.41) is 18.2. The van der Waals surface area contributed by atoms with Gasteiger partial charge in [0.25, 0.3) is 11.6 Å². The molecule has 0 spiro atoms. The Kier molecular flexibility index (Phi) is 6.30. The van der Waals surface area contributed by atoms with Crippen LogP contribution in [0.3, 0.4) is 0 Å². The molecular weight excluding hydrogens is 379 g/mol. The third kappa shape index (κ3) is 4.64. The molecule has 0 aliphatic rings. The van der Waals surface area contributed by atoms with Gasteiger partial charge in [-0.05, 0) is 30.7 Å². The molecule has 0 unspecified atom stereocenters. The average Bonchev–Trinajstić information content (AvgIpc) is 3.17. The molecule has 0 aliphatic heterocycles. The van der Waals surface area contributed by atoms with Crippen molar-refractivity contribution in [3.63, 3.8) is 0 Å². The van der Waals surface area contributed by atoms with Gasteiger partial charge in [-0.25, -0.2) is 9.07 Å². The van der Waals surface area contributed by atoms with Crippen LogP contribution in [0.1, 0.15) is 16.9 Å². The van der Waals surface area contributed by atoms with Crippen molar-refractivity contribution in [2.24, 2.45) is 0 Å². The van der Waals surface area contributed by atoms with E-state index in [1.54, 1.807) is 31.4 Å². The van der Waals surface area contributed by atoms with Crippen LogP contribution in [0.5, 0.6) is 0 Å². The Hall–Kier alpha value is -3.59. The monoisotopic (exact) mass is 398 g/mol. The number of amides is 1. The van der Waals surface area contributed by atoms with Crippen LogP contribution < -0.4 is 5.32 Å². The zero-order valence-corrected chi connectivity index (χ0v) is 15.7. The largest absolute Gasteiger partial charge is 0.385 e. The maximum Gasteiger partial charge on any atom is 0.271 e. The second-order valence-corrected chi connectivity index (χ2v) is 6.19. The number of ether oxygens (including phenoxy) is 1. The first-order valence-corrected chi connectivity index (χ1v) is 8.88. The predicted octanol–water partition coefficient (Wildman–Crippen LogP) is 3.35. The molecule has 29 heavy (non-hydrogen) atoms. The number of hydrogen-bond acceptors (Lipinski definition) is 5. The fraction of sp³-hybridized carbons (Fsp3) is 0.200. The highest BCUT2D eigenvalue weighted by molar-refractivity contribution is 5.94. The fourth-order valence-corrected chi connectivity index (χ4v) is 2.79. The first-order valence-electron chi connectivity index (χ1n) is 8.88. The van der Waals surface area contributed by atoms with E-state index in [1.165, 1.54) is 35.0 Å². The molecule has 0 fully saturated rings. The van der Waals surface area contributed by atoms with Gasteiger partial charge in [-0.3, -0.25) is 14.9 Å². The van der Waals surface area contributed by atoms with Crippen LogP contribution in [0.15, 0.2) is 54.6 Å². The number of rotatable bonds is 8. The van der Waals surface area contributed by atoms with Crippen molar-refractivity contribution in [1.29, 1.82) is 0 Å². The van der Waals surface area contributed by atoms with Crippen molar-refractivity contribution in [3.05, 3.63) is 76.2 Å². The van der Waals surface area contributed by atoms with Crippen molar-refractivity contribution in [2.45, 2.75) is 6.42 Å². The highest BCUT2D eigenvalue weighted by atomic mass is 19.1. The van der Waals surface area contributed by atoms with Gasteiger partial charge in [-0.15, -0.1) is 0 Å². The molecule has 1 amide bonds. The molecule has 0 aliphatic carbocycles. The summed E-state index contributed by atoms with van der Waals surface area (Å²) in [6.07, 6.45) is 0.618. The number of nitro benzene ring substituents is 1. The Labute approximate surface area is 166 Å². The van der Waals surface area contributed by atoms with Crippen LogP contribution in [0.2, 0.25) is 0 Å². The first kappa shape index (κ1) is 20.2. The zero-order chi connectivity index (χ0) is 20.8. The highest BCUT2D eigenvalue weighted by Gasteiger charge is 2.20. The van der Waals surface area contributed by atoms with Gasteiger partial charge >= 0.3 is 0 Å².